The highest BCUT2D eigenvalue weighted by Crippen LogP contribution is 2.44. The molecule has 2 fully saturated rings. The molecule has 1 nitrogen and oxygen atoms in total. The molecule has 0 spiro atoms. The van der Waals surface area contributed by atoms with E-state index < -0.39 is 11.6 Å². The molecule has 3 heteroatoms. The average molecular weight is 399 g/mol. The molecule has 0 saturated heterocycles. The maximum atomic E-state index is 14.6. The molecular weight excluding hydrogens is 366 g/mol. The smallest absolute Gasteiger partial charge is 0.201 e. The van der Waals surface area contributed by atoms with Crippen LogP contribution in [0.1, 0.15) is 69.8 Å². The second kappa shape index (κ2) is 8.85. The molecule has 0 unspecified atom stereocenters. The summed E-state index contributed by atoms with van der Waals surface area (Å²) in [6.45, 7) is 6.04. The van der Waals surface area contributed by atoms with E-state index in [1.165, 1.54) is 38.5 Å². The summed E-state index contributed by atoms with van der Waals surface area (Å²) in [6.07, 6.45) is 12.2. The fourth-order valence-corrected chi connectivity index (χ4v) is 5.61. The average Bonchev–Trinajstić information content (AvgIpc) is 2.77. The van der Waals surface area contributed by atoms with Crippen LogP contribution in [0.25, 0.3) is 10.8 Å². The third-order valence-electron chi connectivity index (χ3n) is 7.37. The summed E-state index contributed by atoms with van der Waals surface area (Å²) >= 11 is 0. The zero-order valence-corrected chi connectivity index (χ0v) is 17.4. The van der Waals surface area contributed by atoms with Crippen molar-refractivity contribution in [1.82, 2.24) is 0 Å². The van der Waals surface area contributed by atoms with Gasteiger partial charge in [0.1, 0.15) is 0 Å². The Bertz CT molecular complexity index is 859. The summed E-state index contributed by atoms with van der Waals surface area (Å²) in [7, 11) is 0. The van der Waals surface area contributed by atoms with Gasteiger partial charge in [0.15, 0.2) is 11.6 Å². The predicted molar refractivity (Wildman–Crippen MR) is 115 cm³/mol. The first-order valence-corrected chi connectivity index (χ1v) is 11.3. The van der Waals surface area contributed by atoms with E-state index in [0.717, 1.165) is 36.2 Å². The number of ether oxygens (including phenoxy) is 1. The first-order chi connectivity index (χ1) is 14.1. The van der Waals surface area contributed by atoms with Gasteiger partial charge in [0.05, 0.1) is 6.61 Å². The highest BCUT2D eigenvalue weighted by Gasteiger charge is 2.31. The second-order valence-corrected chi connectivity index (χ2v) is 8.94. The van der Waals surface area contributed by atoms with Crippen LogP contribution in [0, 0.1) is 29.4 Å². The zero-order chi connectivity index (χ0) is 20.4. The van der Waals surface area contributed by atoms with E-state index in [4.69, 9.17) is 4.74 Å². The first-order valence-electron chi connectivity index (χ1n) is 11.3. The maximum Gasteiger partial charge on any atom is 0.201 e. The Kier molecular flexibility index (Phi) is 6.22. The molecule has 2 aliphatic carbocycles. The molecular formula is C26H32F2O. The largest absolute Gasteiger partial charge is 0.491 e. The predicted octanol–water partition coefficient (Wildman–Crippen LogP) is 7.78. The fraction of sp³-hybridized carbons (Fsp3) is 0.538. The number of allylic oxidation sites excluding steroid dienone is 1. The van der Waals surface area contributed by atoms with Crippen molar-refractivity contribution in [3.63, 3.8) is 0 Å². The summed E-state index contributed by atoms with van der Waals surface area (Å²) in [5.74, 6) is 1.20. The van der Waals surface area contributed by atoms with Gasteiger partial charge in [-0.25, -0.2) is 4.39 Å². The van der Waals surface area contributed by atoms with Gasteiger partial charge >= 0.3 is 0 Å². The number of fused-ring (bicyclic) bond motifs is 1. The van der Waals surface area contributed by atoms with E-state index in [9.17, 15) is 8.78 Å². The second-order valence-electron chi connectivity index (χ2n) is 8.94. The lowest BCUT2D eigenvalue weighted by molar-refractivity contribution is 0.171. The third kappa shape index (κ3) is 4.20. The zero-order valence-electron chi connectivity index (χ0n) is 17.4. The van der Waals surface area contributed by atoms with Crippen LogP contribution in [0.15, 0.2) is 36.9 Å². The molecule has 156 valence electrons. The number of hydrogen-bond acceptors (Lipinski definition) is 1. The van der Waals surface area contributed by atoms with Crippen molar-refractivity contribution in [2.75, 3.05) is 6.61 Å². The van der Waals surface area contributed by atoms with Gasteiger partial charge in [0.2, 0.25) is 5.82 Å². The Balaban J connectivity index is 1.45. The van der Waals surface area contributed by atoms with Crippen molar-refractivity contribution >= 4 is 10.8 Å². The minimum atomic E-state index is -0.879. The highest BCUT2D eigenvalue weighted by molar-refractivity contribution is 5.85. The minimum Gasteiger partial charge on any atom is -0.491 e. The third-order valence-corrected chi connectivity index (χ3v) is 7.37. The van der Waals surface area contributed by atoms with Crippen LogP contribution in [0.3, 0.4) is 0 Å². The lowest BCUT2D eigenvalue weighted by atomic mass is 9.68. The Hall–Kier alpha value is -1.90. The summed E-state index contributed by atoms with van der Waals surface area (Å²) in [5, 5.41) is 1.07. The monoisotopic (exact) mass is 398 g/mol. The van der Waals surface area contributed by atoms with Crippen molar-refractivity contribution in [3.05, 3.63) is 54.1 Å². The standard InChI is InChI=1S/C26H32F2O/c1-3-17-5-7-18(8-6-17)19-9-11-20(12-10-19)21-13-14-22-16-24(29-4-2)26(28)25(27)23(22)15-21/h3,13-20H,1,4-12H2,2H3. The van der Waals surface area contributed by atoms with Crippen LogP contribution in [-0.4, -0.2) is 6.61 Å². The summed E-state index contributed by atoms with van der Waals surface area (Å²) in [4.78, 5) is 0. The number of hydrogen-bond donors (Lipinski definition) is 0. The SMILES string of the molecule is C=CC1CCC(C2CCC(c3ccc4cc(OCC)c(F)c(F)c4c3)CC2)CC1. The van der Waals surface area contributed by atoms with E-state index in [0.29, 0.717) is 23.3 Å². The Morgan fingerprint density at radius 3 is 2.21 bits per heavy atom. The van der Waals surface area contributed by atoms with Gasteiger partial charge in [0, 0.05) is 5.39 Å². The normalized spacial score (nSPS) is 27.7. The molecule has 0 N–H and O–H groups in total. The van der Waals surface area contributed by atoms with Crippen LogP contribution in [0.4, 0.5) is 8.78 Å². The number of halogens is 2. The van der Waals surface area contributed by atoms with Crippen molar-refractivity contribution in [2.24, 2.45) is 17.8 Å². The van der Waals surface area contributed by atoms with Crippen molar-refractivity contribution in [1.29, 1.82) is 0 Å². The Labute approximate surface area is 173 Å². The van der Waals surface area contributed by atoms with Crippen molar-refractivity contribution in [3.8, 4) is 5.75 Å². The van der Waals surface area contributed by atoms with Gasteiger partial charge in [0.25, 0.3) is 0 Å². The Morgan fingerprint density at radius 1 is 0.931 bits per heavy atom. The molecule has 0 heterocycles. The molecule has 0 aromatic heterocycles. The van der Waals surface area contributed by atoms with Gasteiger partial charge in [-0.1, -0.05) is 18.2 Å². The Morgan fingerprint density at radius 2 is 1.59 bits per heavy atom. The first kappa shape index (κ1) is 20.4. The van der Waals surface area contributed by atoms with Gasteiger partial charge in [-0.2, -0.15) is 4.39 Å². The van der Waals surface area contributed by atoms with Gasteiger partial charge in [-0.3, -0.25) is 0 Å². The van der Waals surface area contributed by atoms with E-state index >= 15 is 0 Å². The molecule has 4 rings (SSSR count). The highest BCUT2D eigenvalue weighted by atomic mass is 19.2. The van der Waals surface area contributed by atoms with Crippen LogP contribution in [0.2, 0.25) is 0 Å². The molecule has 29 heavy (non-hydrogen) atoms. The lowest BCUT2D eigenvalue weighted by Crippen LogP contribution is -2.25. The molecule has 2 saturated carbocycles. The topological polar surface area (TPSA) is 9.23 Å². The molecule has 2 aliphatic rings. The van der Waals surface area contributed by atoms with E-state index in [1.54, 1.807) is 13.0 Å². The molecule has 0 bridgehead atoms. The quantitative estimate of drug-likeness (QED) is 0.467. The van der Waals surface area contributed by atoms with Crippen LogP contribution < -0.4 is 4.74 Å². The number of benzene rings is 2. The van der Waals surface area contributed by atoms with Crippen LogP contribution in [0.5, 0.6) is 5.75 Å². The molecule has 0 atom stereocenters. The molecule has 0 radical (unpaired) electrons. The van der Waals surface area contributed by atoms with Crippen LogP contribution >= 0.6 is 0 Å². The molecule has 0 amide bonds. The van der Waals surface area contributed by atoms with Gasteiger partial charge in [-0.15, -0.1) is 6.58 Å². The van der Waals surface area contributed by atoms with E-state index in [1.807, 2.05) is 12.1 Å². The van der Waals surface area contributed by atoms with E-state index in [2.05, 4.69) is 18.7 Å². The fourth-order valence-electron chi connectivity index (χ4n) is 5.61. The van der Waals surface area contributed by atoms with Crippen molar-refractivity contribution in [2.45, 2.75) is 64.2 Å². The number of rotatable bonds is 5. The lowest BCUT2D eigenvalue weighted by Gasteiger charge is -2.37. The molecule has 2 aromatic rings. The maximum absolute atomic E-state index is 14.6. The summed E-state index contributed by atoms with van der Waals surface area (Å²) in [6, 6.07) is 7.48. The van der Waals surface area contributed by atoms with Crippen LogP contribution in [-0.2, 0) is 0 Å². The van der Waals surface area contributed by atoms with E-state index in [-0.39, 0.29) is 5.75 Å². The summed E-state index contributed by atoms with van der Waals surface area (Å²) in [5.41, 5.74) is 1.15. The van der Waals surface area contributed by atoms with Gasteiger partial charge < -0.3 is 4.74 Å². The van der Waals surface area contributed by atoms with Gasteiger partial charge in [-0.05, 0) is 105 Å². The minimum absolute atomic E-state index is 0.00284. The van der Waals surface area contributed by atoms with Crippen molar-refractivity contribution < 1.29 is 13.5 Å². The summed E-state index contributed by atoms with van der Waals surface area (Å²) < 4.78 is 34.2. The molecule has 2 aromatic carbocycles. The molecule has 0 aliphatic heterocycles.